The molecule has 0 spiro atoms. The Labute approximate surface area is 111 Å². The molecule has 1 unspecified atom stereocenters. The van der Waals surface area contributed by atoms with Crippen LogP contribution in [-0.2, 0) is 12.0 Å². The van der Waals surface area contributed by atoms with Crippen LogP contribution >= 0.6 is 0 Å². The molecule has 1 atom stereocenters. The Kier molecular flexibility index (Phi) is 3.67. The zero-order valence-corrected chi connectivity index (χ0v) is 11.0. The van der Waals surface area contributed by atoms with Gasteiger partial charge in [0.15, 0.2) is 0 Å². The van der Waals surface area contributed by atoms with E-state index in [1.165, 1.54) is 25.1 Å². The van der Waals surface area contributed by atoms with Gasteiger partial charge in [0.1, 0.15) is 11.6 Å². The fourth-order valence-corrected chi connectivity index (χ4v) is 2.19. The molecule has 2 aromatic carbocycles. The highest BCUT2D eigenvalue weighted by Gasteiger charge is 2.27. The molecule has 2 aromatic rings. The van der Waals surface area contributed by atoms with Crippen molar-refractivity contribution in [3.8, 4) is 0 Å². The van der Waals surface area contributed by atoms with Crippen molar-refractivity contribution in [2.45, 2.75) is 25.9 Å². The zero-order valence-electron chi connectivity index (χ0n) is 11.0. The summed E-state index contributed by atoms with van der Waals surface area (Å²) in [5.41, 5.74) is 0.364. The van der Waals surface area contributed by atoms with Crippen molar-refractivity contribution < 1.29 is 13.9 Å². The van der Waals surface area contributed by atoms with E-state index in [0.717, 1.165) is 5.56 Å². The molecule has 0 aliphatic carbocycles. The van der Waals surface area contributed by atoms with Crippen molar-refractivity contribution in [1.29, 1.82) is 0 Å². The Morgan fingerprint density at radius 1 is 1.11 bits per heavy atom. The maximum atomic E-state index is 13.8. The molecular formula is C16H16F2O. The summed E-state index contributed by atoms with van der Waals surface area (Å²) in [7, 11) is 0. The van der Waals surface area contributed by atoms with Crippen molar-refractivity contribution in [1.82, 2.24) is 0 Å². The Hall–Kier alpha value is -1.74. The van der Waals surface area contributed by atoms with Gasteiger partial charge in [-0.25, -0.2) is 8.78 Å². The SMILES string of the molecule is Cc1ccc(F)c(C(C)(O)Cc2cccc(F)c2)c1. The van der Waals surface area contributed by atoms with E-state index >= 15 is 0 Å². The lowest BCUT2D eigenvalue weighted by molar-refractivity contribution is 0.0537. The quantitative estimate of drug-likeness (QED) is 0.893. The van der Waals surface area contributed by atoms with Gasteiger partial charge in [0.05, 0.1) is 5.60 Å². The fourth-order valence-electron chi connectivity index (χ4n) is 2.19. The van der Waals surface area contributed by atoms with Crippen LogP contribution in [0.25, 0.3) is 0 Å². The standard InChI is InChI=1S/C16H16F2O/c1-11-6-7-15(18)14(8-11)16(2,19)10-12-4-3-5-13(17)9-12/h3-9,19H,10H2,1-2H3. The molecule has 0 bridgehead atoms. The average Bonchev–Trinajstić information content (AvgIpc) is 2.31. The topological polar surface area (TPSA) is 20.2 Å². The largest absolute Gasteiger partial charge is 0.385 e. The van der Waals surface area contributed by atoms with Crippen molar-refractivity contribution in [2.75, 3.05) is 0 Å². The van der Waals surface area contributed by atoms with Crippen LogP contribution in [0.5, 0.6) is 0 Å². The molecule has 1 nitrogen and oxygen atoms in total. The van der Waals surface area contributed by atoms with Crippen LogP contribution in [0.2, 0.25) is 0 Å². The highest BCUT2D eigenvalue weighted by Crippen LogP contribution is 2.28. The van der Waals surface area contributed by atoms with E-state index in [2.05, 4.69) is 0 Å². The van der Waals surface area contributed by atoms with Gasteiger partial charge < -0.3 is 5.11 Å². The molecule has 1 N–H and O–H groups in total. The second kappa shape index (κ2) is 5.10. The number of hydrogen-bond acceptors (Lipinski definition) is 1. The van der Waals surface area contributed by atoms with Gasteiger partial charge in [-0.1, -0.05) is 29.8 Å². The average molecular weight is 262 g/mol. The molecule has 0 aliphatic rings. The predicted molar refractivity (Wildman–Crippen MR) is 70.8 cm³/mol. The monoisotopic (exact) mass is 262 g/mol. The fraction of sp³-hybridized carbons (Fsp3) is 0.250. The summed E-state index contributed by atoms with van der Waals surface area (Å²) in [4.78, 5) is 0. The number of aliphatic hydroxyl groups is 1. The van der Waals surface area contributed by atoms with Gasteiger partial charge >= 0.3 is 0 Å². The normalized spacial score (nSPS) is 14.2. The minimum Gasteiger partial charge on any atom is -0.385 e. The van der Waals surface area contributed by atoms with Gasteiger partial charge in [0.25, 0.3) is 0 Å². The van der Waals surface area contributed by atoms with Crippen LogP contribution in [0.3, 0.4) is 0 Å². The van der Waals surface area contributed by atoms with Crippen LogP contribution < -0.4 is 0 Å². The summed E-state index contributed by atoms with van der Waals surface area (Å²) >= 11 is 0. The van der Waals surface area contributed by atoms with Gasteiger partial charge in [-0.15, -0.1) is 0 Å². The van der Waals surface area contributed by atoms with E-state index in [1.807, 2.05) is 6.92 Å². The molecule has 0 amide bonds. The van der Waals surface area contributed by atoms with Crippen LogP contribution in [0.15, 0.2) is 42.5 Å². The lowest BCUT2D eigenvalue weighted by Crippen LogP contribution is -2.26. The molecule has 0 aromatic heterocycles. The van der Waals surface area contributed by atoms with E-state index in [1.54, 1.807) is 24.3 Å². The molecule has 0 radical (unpaired) electrons. The molecule has 0 saturated carbocycles. The highest BCUT2D eigenvalue weighted by molar-refractivity contribution is 5.31. The summed E-state index contributed by atoms with van der Waals surface area (Å²) in [5, 5.41) is 10.5. The van der Waals surface area contributed by atoms with Gasteiger partial charge in [-0.05, 0) is 37.6 Å². The molecule has 0 saturated heterocycles. The van der Waals surface area contributed by atoms with E-state index in [4.69, 9.17) is 0 Å². The van der Waals surface area contributed by atoms with Gasteiger partial charge in [-0.3, -0.25) is 0 Å². The number of aryl methyl sites for hydroxylation is 1. The van der Waals surface area contributed by atoms with Crippen molar-refractivity contribution in [2.24, 2.45) is 0 Å². The van der Waals surface area contributed by atoms with Crippen molar-refractivity contribution >= 4 is 0 Å². The summed E-state index contributed by atoms with van der Waals surface area (Å²) in [5.74, 6) is -0.815. The molecule has 0 aliphatic heterocycles. The van der Waals surface area contributed by atoms with E-state index in [0.29, 0.717) is 5.56 Å². The Bertz CT molecular complexity index is 591. The third-order valence-electron chi connectivity index (χ3n) is 3.14. The Balaban J connectivity index is 2.34. The molecule has 19 heavy (non-hydrogen) atoms. The minimum absolute atomic E-state index is 0.158. The predicted octanol–water partition coefficient (Wildman–Crippen LogP) is 3.72. The summed E-state index contributed by atoms with van der Waals surface area (Å²) < 4.78 is 26.9. The molecule has 0 fully saturated rings. The first-order valence-corrected chi connectivity index (χ1v) is 6.12. The second-order valence-corrected chi connectivity index (χ2v) is 5.06. The first kappa shape index (κ1) is 13.7. The minimum atomic E-state index is -1.37. The first-order valence-electron chi connectivity index (χ1n) is 6.12. The molecule has 0 heterocycles. The van der Waals surface area contributed by atoms with Crippen molar-refractivity contribution in [3.63, 3.8) is 0 Å². The van der Waals surface area contributed by atoms with E-state index in [-0.39, 0.29) is 17.8 Å². The first-order chi connectivity index (χ1) is 8.88. The molecule has 100 valence electrons. The number of benzene rings is 2. The zero-order chi connectivity index (χ0) is 14.0. The third-order valence-corrected chi connectivity index (χ3v) is 3.14. The maximum Gasteiger partial charge on any atom is 0.129 e. The second-order valence-electron chi connectivity index (χ2n) is 5.06. The highest BCUT2D eigenvalue weighted by atomic mass is 19.1. The van der Waals surface area contributed by atoms with Crippen LogP contribution in [0.4, 0.5) is 8.78 Å². The Morgan fingerprint density at radius 2 is 1.84 bits per heavy atom. The van der Waals surface area contributed by atoms with Gasteiger partial charge in [0.2, 0.25) is 0 Å². The van der Waals surface area contributed by atoms with Gasteiger partial charge in [0, 0.05) is 12.0 Å². The molecular weight excluding hydrogens is 246 g/mol. The number of hydrogen-bond donors (Lipinski definition) is 1. The van der Waals surface area contributed by atoms with Crippen LogP contribution in [0.1, 0.15) is 23.6 Å². The lowest BCUT2D eigenvalue weighted by Gasteiger charge is -2.25. The summed E-state index contributed by atoms with van der Waals surface area (Å²) in [6, 6.07) is 10.6. The molecule has 2 rings (SSSR count). The van der Waals surface area contributed by atoms with Crippen molar-refractivity contribution in [3.05, 3.63) is 70.8 Å². The van der Waals surface area contributed by atoms with Crippen LogP contribution in [0, 0.1) is 18.6 Å². The summed E-state index contributed by atoms with van der Waals surface area (Å²) in [6.07, 6.45) is 0.158. The Morgan fingerprint density at radius 3 is 2.53 bits per heavy atom. The van der Waals surface area contributed by atoms with Gasteiger partial charge in [-0.2, -0.15) is 0 Å². The number of halogens is 2. The smallest absolute Gasteiger partial charge is 0.129 e. The third kappa shape index (κ3) is 3.18. The summed E-state index contributed by atoms with van der Waals surface area (Å²) in [6.45, 7) is 3.37. The lowest BCUT2D eigenvalue weighted by atomic mass is 9.88. The maximum absolute atomic E-state index is 13.8. The van der Waals surface area contributed by atoms with E-state index in [9.17, 15) is 13.9 Å². The molecule has 3 heteroatoms. The number of rotatable bonds is 3. The van der Waals surface area contributed by atoms with Crippen LogP contribution in [-0.4, -0.2) is 5.11 Å². The van der Waals surface area contributed by atoms with E-state index < -0.39 is 11.4 Å².